The largest absolute Gasteiger partial charge is 0.355 e. The van der Waals surface area contributed by atoms with Crippen LogP contribution in [0.2, 0.25) is 0 Å². The molecule has 2 fully saturated rings. The molecule has 0 spiro atoms. The summed E-state index contributed by atoms with van der Waals surface area (Å²) in [5, 5.41) is 3.05. The number of amides is 2. The third-order valence-corrected chi connectivity index (χ3v) is 6.27. The second kappa shape index (κ2) is 8.74. The summed E-state index contributed by atoms with van der Waals surface area (Å²) in [6, 6.07) is 0.371. The van der Waals surface area contributed by atoms with Crippen molar-refractivity contribution in [1.82, 2.24) is 20.2 Å². The van der Waals surface area contributed by atoms with Gasteiger partial charge in [-0.15, -0.1) is 0 Å². The molecule has 25 heavy (non-hydrogen) atoms. The van der Waals surface area contributed by atoms with Gasteiger partial charge in [-0.2, -0.15) is 11.8 Å². The number of thioether (sulfide) groups is 1. The molecule has 0 aromatic carbocycles. The van der Waals surface area contributed by atoms with Crippen LogP contribution in [0.1, 0.15) is 49.9 Å². The fourth-order valence-corrected chi connectivity index (χ4v) is 4.62. The summed E-state index contributed by atoms with van der Waals surface area (Å²) in [7, 11) is 0. The summed E-state index contributed by atoms with van der Waals surface area (Å²) in [6.07, 6.45) is 7.53. The molecule has 3 rings (SSSR count). The van der Waals surface area contributed by atoms with E-state index in [2.05, 4.69) is 15.3 Å². The molecular weight excluding hydrogens is 336 g/mol. The second-order valence-corrected chi connectivity index (χ2v) is 8.14. The number of hydrogen-bond donors (Lipinski definition) is 2. The fraction of sp³-hybridized carbons (Fsp3) is 0.722. The predicted octanol–water partition coefficient (Wildman–Crippen LogP) is 2.25. The Balaban J connectivity index is 1.37. The van der Waals surface area contributed by atoms with Crippen LogP contribution in [-0.2, 0) is 15.3 Å². The van der Waals surface area contributed by atoms with E-state index in [1.54, 1.807) is 18.1 Å². The van der Waals surface area contributed by atoms with E-state index in [1.165, 1.54) is 12.8 Å². The van der Waals surface area contributed by atoms with Gasteiger partial charge in [0.1, 0.15) is 0 Å². The highest BCUT2D eigenvalue weighted by atomic mass is 32.2. The van der Waals surface area contributed by atoms with Crippen molar-refractivity contribution in [2.75, 3.05) is 18.8 Å². The van der Waals surface area contributed by atoms with Gasteiger partial charge in [0, 0.05) is 42.8 Å². The minimum Gasteiger partial charge on any atom is -0.355 e. The minimum absolute atomic E-state index is 0.0446. The molecule has 138 valence electrons. The Bertz CT molecular complexity index is 598. The topological polar surface area (TPSA) is 78.1 Å². The van der Waals surface area contributed by atoms with Crippen LogP contribution < -0.4 is 5.32 Å². The van der Waals surface area contributed by atoms with Crippen LogP contribution in [0.15, 0.2) is 6.33 Å². The Hall–Kier alpha value is -1.50. The lowest BCUT2D eigenvalue weighted by Gasteiger charge is -2.36. The van der Waals surface area contributed by atoms with Crippen molar-refractivity contribution in [2.24, 2.45) is 5.92 Å². The molecule has 6 nitrogen and oxygen atoms in total. The maximum Gasteiger partial charge on any atom is 0.224 e. The summed E-state index contributed by atoms with van der Waals surface area (Å²) < 4.78 is 0. The monoisotopic (exact) mass is 364 g/mol. The van der Waals surface area contributed by atoms with Crippen molar-refractivity contribution in [3.05, 3.63) is 17.7 Å². The van der Waals surface area contributed by atoms with E-state index < -0.39 is 0 Å². The number of imidazole rings is 1. The summed E-state index contributed by atoms with van der Waals surface area (Å²) in [6.45, 7) is 3.29. The molecule has 1 saturated heterocycles. The van der Waals surface area contributed by atoms with E-state index in [1.807, 2.05) is 11.8 Å². The SMILES string of the molecule is Cc1[nH]cnc1CSCCNC(=O)[C@H]1CCC(=O)N(C2CCCC2)C1. The van der Waals surface area contributed by atoms with Gasteiger partial charge in [-0.25, -0.2) is 4.98 Å². The highest BCUT2D eigenvalue weighted by Gasteiger charge is 2.34. The molecule has 1 aromatic rings. The number of carbonyl (C=O) groups excluding carboxylic acids is 2. The molecule has 0 bridgehead atoms. The number of rotatable bonds is 7. The summed E-state index contributed by atoms with van der Waals surface area (Å²) in [4.78, 5) is 33.9. The number of nitrogens with zero attached hydrogens (tertiary/aromatic N) is 2. The number of nitrogens with one attached hydrogen (secondary N) is 2. The van der Waals surface area contributed by atoms with E-state index in [-0.39, 0.29) is 17.7 Å². The number of likely N-dealkylation sites (tertiary alicyclic amines) is 1. The van der Waals surface area contributed by atoms with Crippen molar-refractivity contribution in [1.29, 1.82) is 0 Å². The highest BCUT2D eigenvalue weighted by Crippen LogP contribution is 2.28. The molecule has 1 atom stereocenters. The summed E-state index contributed by atoms with van der Waals surface area (Å²) in [5.41, 5.74) is 2.18. The molecule has 1 aliphatic heterocycles. The van der Waals surface area contributed by atoms with E-state index in [0.29, 0.717) is 32.0 Å². The number of carbonyl (C=O) groups is 2. The first-order chi connectivity index (χ1) is 12.1. The van der Waals surface area contributed by atoms with Gasteiger partial charge in [0.25, 0.3) is 0 Å². The molecule has 0 radical (unpaired) electrons. The number of H-pyrrole nitrogens is 1. The molecule has 7 heteroatoms. The Morgan fingerprint density at radius 2 is 2.20 bits per heavy atom. The maximum absolute atomic E-state index is 12.4. The normalized spacial score (nSPS) is 21.7. The van der Waals surface area contributed by atoms with Crippen molar-refractivity contribution in [3.8, 4) is 0 Å². The van der Waals surface area contributed by atoms with Crippen molar-refractivity contribution in [2.45, 2.75) is 57.2 Å². The molecule has 1 aliphatic carbocycles. The summed E-state index contributed by atoms with van der Waals surface area (Å²) >= 11 is 1.77. The predicted molar refractivity (Wildman–Crippen MR) is 99.2 cm³/mol. The van der Waals surface area contributed by atoms with Gasteiger partial charge in [-0.3, -0.25) is 9.59 Å². The molecule has 2 amide bonds. The van der Waals surface area contributed by atoms with Gasteiger partial charge < -0.3 is 15.2 Å². The Morgan fingerprint density at radius 3 is 2.92 bits per heavy atom. The fourth-order valence-electron chi connectivity index (χ4n) is 3.75. The second-order valence-electron chi connectivity index (χ2n) is 7.04. The van der Waals surface area contributed by atoms with Crippen molar-refractivity contribution < 1.29 is 9.59 Å². The number of hydrogen-bond acceptors (Lipinski definition) is 4. The third kappa shape index (κ3) is 4.77. The lowest BCUT2D eigenvalue weighted by molar-refractivity contribution is -0.140. The highest BCUT2D eigenvalue weighted by molar-refractivity contribution is 7.98. The molecule has 0 unspecified atom stereocenters. The number of aromatic amines is 1. The zero-order valence-electron chi connectivity index (χ0n) is 14.9. The van der Waals surface area contributed by atoms with E-state index >= 15 is 0 Å². The molecule has 2 aliphatic rings. The molecule has 1 aromatic heterocycles. The minimum atomic E-state index is -0.0446. The first kappa shape index (κ1) is 18.3. The Kier molecular flexibility index (Phi) is 6.39. The number of piperidine rings is 1. The lowest BCUT2D eigenvalue weighted by atomic mass is 9.95. The average Bonchev–Trinajstić information content (AvgIpc) is 3.27. The van der Waals surface area contributed by atoms with Crippen LogP contribution >= 0.6 is 11.8 Å². The zero-order valence-corrected chi connectivity index (χ0v) is 15.7. The van der Waals surface area contributed by atoms with Gasteiger partial charge >= 0.3 is 0 Å². The van der Waals surface area contributed by atoms with Gasteiger partial charge in [-0.1, -0.05) is 12.8 Å². The first-order valence-corrected chi connectivity index (χ1v) is 10.4. The molecule has 2 N–H and O–H groups in total. The van der Waals surface area contributed by atoms with Crippen LogP contribution in [-0.4, -0.2) is 51.6 Å². The van der Waals surface area contributed by atoms with E-state index in [9.17, 15) is 9.59 Å². The van der Waals surface area contributed by atoms with Crippen LogP contribution in [0.3, 0.4) is 0 Å². The smallest absolute Gasteiger partial charge is 0.224 e. The third-order valence-electron chi connectivity index (χ3n) is 5.30. The van der Waals surface area contributed by atoms with Crippen LogP contribution in [0.5, 0.6) is 0 Å². The van der Waals surface area contributed by atoms with Gasteiger partial charge in [0.15, 0.2) is 0 Å². The van der Waals surface area contributed by atoms with Crippen LogP contribution in [0, 0.1) is 12.8 Å². The van der Waals surface area contributed by atoms with Crippen LogP contribution in [0.25, 0.3) is 0 Å². The Labute approximate surface area is 153 Å². The first-order valence-electron chi connectivity index (χ1n) is 9.29. The van der Waals surface area contributed by atoms with E-state index in [0.717, 1.165) is 35.7 Å². The number of aromatic nitrogens is 2. The van der Waals surface area contributed by atoms with Crippen LogP contribution in [0.4, 0.5) is 0 Å². The summed E-state index contributed by atoms with van der Waals surface area (Å²) in [5.74, 6) is 2.03. The van der Waals surface area contributed by atoms with Gasteiger partial charge in [-0.05, 0) is 26.2 Å². The van der Waals surface area contributed by atoms with Gasteiger partial charge in [0.2, 0.25) is 11.8 Å². The molecular formula is C18H28N4O2S. The van der Waals surface area contributed by atoms with Crippen molar-refractivity contribution >= 4 is 23.6 Å². The van der Waals surface area contributed by atoms with Crippen molar-refractivity contribution in [3.63, 3.8) is 0 Å². The number of aryl methyl sites for hydroxylation is 1. The van der Waals surface area contributed by atoms with Gasteiger partial charge in [0.05, 0.1) is 17.9 Å². The lowest BCUT2D eigenvalue weighted by Crippen LogP contribution is -2.49. The maximum atomic E-state index is 12.4. The zero-order chi connectivity index (χ0) is 17.6. The molecule has 2 heterocycles. The quantitative estimate of drug-likeness (QED) is 0.728. The average molecular weight is 365 g/mol. The Morgan fingerprint density at radius 1 is 1.40 bits per heavy atom. The van der Waals surface area contributed by atoms with E-state index in [4.69, 9.17) is 0 Å². The molecule has 1 saturated carbocycles. The standard InChI is InChI=1S/C18H28N4O2S/c1-13-16(21-12-20-13)11-25-9-8-19-18(24)14-6-7-17(23)22(10-14)15-4-2-3-5-15/h12,14-15H,2-11H2,1H3,(H,19,24)(H,20,21)/t14-/m0/s1.